The fraction of sp³-hybridized carbons (Fsp3) is 0.618. The summed E-state index contributed by atoms with van der Waals surface area (Å²) in [5.41, 5.74) is 2.94. The molecule has 5 atom stereocenters. The van der Waals surface area contributed by atoms with Crippen molar-refractivity contribution in [1.82, 2.24) is 0 Å². The second-order valence-electron chi connectivity index (χ2n) is 13.4. The Morgan fingerprint density at radius 3 is 2.56 bits per heavy atom. The predicted octanol–water partition coefficient (Wildman–Crippen LogP) is 4.79. The van der Waals surface area contributed by atoms with Crippen molar-refractivity contribution in [2.45, 2.75) is 83.5 Å². The number of hydrogen-bond acceptors (Lipinski definition) is 7. The number of aliphatic hydroxyl groups excluding tert-OH is 2. The van der Waals surface area contributed by atoms with Gasteiger partial charge in [0, 0.05) is 5.56 Å². The maximum atomic E-state index is 12.6. The van der Waals surface area contributed by atoms with Gasteiger partial charge in [-0.3, -0.25) is 9.79 Å². The van der Waals surface area contributed by atoms with Gasteiger partial charge in [-0.15, -0.1) is 0 Å². The van der Waals surface area contributed by atoms with Gasteiger partial charge < -0.3 is 28.7 Å². The van der Waals surface area contributed by atoms with E-state index in [0.717, 1.165) is 63.4 Å². The molecule has 250 valence electrons. The third-order valence-corrected chi connectivity index (χ3v) is 9.85. The molecule has 11 heteroatoms. The van der Waals surface area contributed by atoms with E-state index in [2.05, 4.69) is 13.0 Å². The van der Waals surface area contributed by atoms with Crippen molar-refractivity contribution >= 4 is 13.8 Å². The molecule has 2 aliphatic carbocycles. The van der Waals surface area contributed by atoms with Crippen LogP contribution in [0.1, 0.15) is 68.6 Å². The van der Waals surface area contributed by atoms with Crippen LogP contribution in [0.25, 0.3) is 0 Å². The molecule has 10 nitrogen and oxygen atoms in total. The van der Waals surface area contributed by atoms with Crippen molar-refractivity contribution in [2.75, 3.05) is 33.9 Å². The lowest BCUT2D eigenvalue weighted by atomic mass is 9.73. The number of benzene rings is 2. The van der Waals surface area contributed by atoms with Crippen LogP contribution < -0.4 is 9.26 Å². The Kier molecular flexibility index (Phi) is 12.5. The van der Waals surface area contributed by atoms with Gasteiger partial charge in [-0.25, -0.2) is 9.36 Å². The lowest BCUT2D eigenvalue weighted by Gasteiger charge is -2.32. The minimum absolute atomic E-state index is 0.124. The first kappa shape index (κ1) is 35.4. The van der Waals surface area contributed by atoms with Crippen LogP contribution in [-0.2, 0) is 33.5 Å². The molecule has 0 aliphatic heterocycles. The van der Waals surface area contributed by atoms with Crippen molar-refractivity contribution in [1.29, 1.82) is 0 Å². The Bertz CT molecular complexity index is 1310. The quantitative estimate of drug-likeness (QED) is 0.0824. The van der Waals surface area contributed by atoms with Gasteiger partial charge in [-0.2, -0.15) is 0 Å². The number of rotatable bonds is 17. The van der Waals surface area contributed by atoms with Crippen LogP contribution in [-0.4, -0.2) is 76.5 Å². The highest BCUT2D eigenvalue weighted by Gasteiger charge is 2.45. The minimum Gasteiger partial charge on any atom is -0.482 e. The number of fused-ring (bicyclic) bond motifs is 2. The summed E-state index contributed by atoms with van der Waals surface area (Å²) in [5.74, 6) is 1.26. The first-order chi connectivity index (χ1) is 21.3. The molecule has 0 radical (unpaired) electrons. The van der Waals surface area contributed by atoms with Gasteiger partial charge in [-0.1, -0.05) is 50.5 Å². The molecular weight excluding hydrogens is 597 g/mol. The van der Waals surface area contributed by atoms with Gasteiger partial charge in [0.25, 0.3) is 0 Å². The molecule has 0 amide bonds. The number of para-hydroxylation sites is 1. The second-order valence-corrected chi connectivity index (χ2v) is 14.6. The maximum absolute atomic E-state index is 12.6. The van der Waals surface area contributed by atoms with E-state index in [9.17, 15) is 29.4 Å². The van der Waals surface area contributed by atoms with Crippen LogP contribution in [0.5, 0.6) is 11.5 Å². The van der Waals surface area contributed by atoms with Gasteiger partial charge in [0.05, 0.1) is 26.3 Å². The largest absolute Gasteiger partial charge is 0.524 e. The summed E-state index contributed by atoms with van der Waals surface area (Å²) in [6, 6.07) is 12.6. The summed E-state index contributed by atoms with van der Waals surface area (Å²) in [6.45, 7) is 2.99. The average molecular weight is 649 g/mol. The second kappa shape index (κ2) is 15.9. The third kappa shape index (κ3) is 10.5. The fourth-order valence-corrected chi connectivity index (χ4v) is 7.51. The number of aliphatic hydroxyl groups is 2. The van der Waals surface area contributed by atoms with Crippen molar-refractivity contribution in [3.05, 3.63) is 59.2 Å². The number of carbonyl (C=O) groups is 1. The SMILES string of the molecule is CCCCC[C@H](O)CC[C@@H]1[C@H]2Cc3cccc(OCC(=O)OCC[N+](C)(C)Cc4ccccc4OP(=O)(O)O)c3C[C@H]2C[C@H]1O. The van der Waals surface area contributed by atoms with Crippen LogP contribution in [0, 0.1) is 17.8 Å². The Morgan fingerprint density at radius 2 is 1.80 bits per heavy atom. The van der Waals surface area contributed by atoms with Crippen molar-refractivity contribution in [2.24, 2.45) is 17.8 Å². The summed E-state index contributed by atoms with van der Waals surface area (Å²) < 4.78 is 28.0. The highest BCUT2D eigenvalue weighted by Crippen LogP contribution is 2.48. The zero-order chi connectivity index (χ0) is 32.6. The zero-order valence-electron chi connectivity index (χ0n) is 26.8. The van der Waals surface area contributed by atoms with Crippen LogP contribution in [0.4, 0.5) is 0 Å². The van der Waals surface area contributed by atoms with Gasteiger partial charge >= 0.3 is 13.8 Å². The van der Waals surface area contributed by atoms with Crippen LogP contribution in [0.2, 0.25) is 0 Å². The molecule has 0 bridgehead atoms. The predicted molar refractivity (Wildman–Crippen MR) is 171 cm³/mol. The third-order valence-electron chi connectivity index (χ3n) is 9.41. The molecule has 2 aromatic rings. The van der Waals surface area contributed by atoms with Crippen LogP contribution in [0.3, 0.4) is 0 Å². The Hall–Kier alpha value is -2.46. The molecule has 0 heterocycles. The molecule has 1 saturated carbocycles. The molecule has 2 aromatic carbocycles. The Morgan fingerprint density at radius 1 is 1.04 bits per heavy atom. The molecular formula is C34H51NO9P+. The molecule has 45 heavy (non-hydrogen) atoms. The smallest absolute Gasteiger partial charge is 0.482 e. The number of unbranched alkanes of at least 4 members (excludes halogenated alkanes) is 2. The van der Waals surface area contributed by atoms with Gasteiger partial charge in [0.1, 0.15) is 31.2 Å². The highest BCUT2D eigenvalue weighted by atomic mass is 31.2. The van der Waals surface area contributed by atoms with E-state index < -0.39 is 13.8 Å². The average Bonchev–Trinajstić information content (AvgIpc) is 3.27. The lowest BCUT2D eigenvalue weighted by molar-refractivity contribution is -0.903. The molecule has 0 spiro atoms. The lowest BCUT2D eigenvalue weighted by Crippen LogP contribution is -2.42. The standard InChI is InChI=1S/C34H50NO9P/c1-4-5-6-12-27(36)15-16-28-29-19-24-11-9-14-33(30(24)20-26(29)21-31(28)37)43-23-34(38)42-18-17-35(2,3)22-25-10-7-8-13-32(25)44-45(39,40)41/h7-11,13-14,26-29,31,36-37H,4-6,12,15-23H2,1-3H3,(H-,39,40,41)/p+1/t26-,27-,28+,29-,31+/m0/s1. The molecule has 0 saturated heterocycles. The zero-order valence-corrected chi connectivity index (χ0v) is 27.7. The molecule has 0 unspecified atom stereocenters. The van der Waals surface area contributed by atoms with E-state index >= 15 is 0 Å². The van der Waals surface area contributed by atoms with E-state index in [4.69, 9.17) is 14.0 Å². The first-order valence-corrected chi connectivity index (χ1v) is 17.8. The summed E-state index contributed by atoms with van der Waals surface area (Å²) in [7, 11) is -0.821. The van der Waals surface area contributed by atoms with E-state index in [0.29, 0.717) is 40.7 Å². The summed E-state index contributed by atoms with van der Waals surface area (Å²) >= 11 is 0. The van der Waals surface area contributed by atoms with E-state index in [1.807, 2.05) is 26.2 Å². The van der Waals surface area contributed by atoms with Crippen LogP contribution in [0.15, 0.2) is 42.5 Å². The number of carbonyl (C=O) groups excluding carboxylic acids is 1. The number of phosphoric acid groups is 1. The number of likely N-dealkylation sites (N-methyl/N-ethyl adjacent to an activating group) is 1. The summed E-state index contributed by atoms with van der Waals surface area (Å²) in [6.07, 6.45) is 7.51. The number of phosphoric ester groups is 1. The minimum atomic E-state index is -4.69. The number of nitrogens with zero attached hydrogens (tertiary/aromatic N) is 1. The van der Waals surface area contributed by atoms with E-state index in [1.165, 1.54) is 11.6 Å². The Balaban J connectivity index is 1.26. The first-order valence-electron chi connectivity index (χ1n) is 16.3. The monoisotopic (exact) mass is 648 g/mol. The van der Waals surface area contributed by atoms with Crippen molar-refractivity contribution in [3.8, 4) is 11.5 Å². The number of ether oxygens (including phenoxy) is 2. The van der Waals surface area contributed by atoms with Crippen LogP contribution >= 0.6 is 7.82 Å². The summed E-state index contributed by atoms with van der Waals surface area (Å²) in [4.78, 5) is 31.0. The van der Waals surface area contributed by atoms with Gasteiger partial charge in [-0.05, 0) is 85.6 Å². The summed E-state index contributed by atoms with van der Waals surface area (Å²) in [5, 5.41) is 21.4. The van der Waals surface area contributed by atoms with Crippen molar-refractivity contribution in [3.63, 3.8) is 0 Å². The molecule has 4 rings (SSSR count). The van der Waals surface area contributed by atoms with Gasteiger partial charge in [0.2, 0.25) is 0 Å². The molecule has 0 aromatic heterocycles. The Labute approximate surface area is 267 Å². The fourth-order valence-electron chi connectivity index (χ4n) is 7.08. The van der Waals surface area contributed by atoms with Gasteiger partial charge in [0.15, 0.2) is 6.61 Å². The number of hydrogen-bond donors (Lipinski definition) is 4. The molecule has 1 fully saturated rings. The number of esters is 1. The van der Waals surface area contributed by atoms with E-state index in [-0.39, 0.29) is 37.1 Å². The van der Waals surface area contributed by atoms with Crippen molar-refractivity contribution < 1.29 is 47.8 Å². The highest BCUT2D eigenvalue weighted by molar-refractivity contribution is 7.46. The normalized spacial score (nSPS) is 21.9. The molecule has 2 aliphatic rings. The maximum Gasteiger partial charge on any atom is 0.524 e. The number of quaternary nitrogens is 1. The topological polar surface area (TPSA) is 143 Å². The molecule has 4 N–H and O–H groups in total. The van der Waals surface area contributed by atoms with E-state index in [1.54, 1.807) is 18.2 Å².